The van der Waals surface area contributed by atoms with Crippen molar-refractivity contribution < 1.29 is 28.6 Å². The maximum atomic E-state index is 12.8. The Labute approximate surface area is 395 Å². The van der Waals surface area contributed by atoms with Crippen molar-refractivity contribution >= 4 is 17.9 Å². The Morgan fingerprint density at radius 2 is 0.609 bits per heavy atom. The minimum Gasteiger partial charge on any atom is -0.462 e. The molecule has 0 amide bonds. The number of hydrogen-bond donors (Lipinski definition) is 0. The molecule has 0 radical (unpaired) electrons. The van der Waals surface area contributed by atoms with E-state index in [2.05, 4.69) is 106 Å². The molecule has 0 aliphatic heterocycles. The summed E-state index contributed by atoms with van der Waals surface area (Å²) in [6.07, 6.45) is 67.1. The highest BCUT2D eigenvalue weighted by molar-refractivity contribution is 5.71. The van der Waals surface area contributed by atoms with Crippen molar-refractivity contribution in [3.63, 3.8) is 0 Å². The minimum atomic E-state index is -0.804. The summed E-state index contributed by atoms with van der Waals surface area (Å²) in [5, 5.41) is 0. The lowest BCUT2D eigenvalue weighted by Gasteiger charge is -2.18. The Morgan fingerprint density at radius 1 is 0.328 bits per heavy atom. The van der Waals surface area contributed by atoms with Gasteiger partial charge in [-0.3, -0.25) is 14.4 Å². The summed E-state index contributed by atoms with van der Waals surface area (Å²) in [4.78, 5) is 38.0. The van der Waals surface area contributed by atoms with E-state index in [9.17, 15) is 14.4 Å². The van der Waals surface area contributed by atoms with Crippen molar-refractivity contribution in [1.29, 1.82) is 0 Å². The molecule has 0 fully saturated rings. The molecule has 0 unspecified atom stereocenters. The average Bonchev–Trinajstić information content (AvgIpc) is 3.29. The molecule has 6 nitrogen and oxygen atoms in total. The monoisotopic (exact) mass is 891 g/mol. The lowest BCUT2D eigenvalue weighted by atomic mass is 10.0. The number of carbonyl (C=O) groups excluding carboxylic acids is 3. The van der Waals surface area contributed by atoms with Crippen LogP contribution in [0.4, 0.5) is 0 Å². The first-order chi connectivity index (χ1) is 31.5. The van der Waals surface area contributed by atoms with E-state index >= 15 is 0 Å². The minimum absolute atomic E-state index is 0.0975. The zero-order chi connectivity index (χ0) is 46.5. The van der Waals surface area contributed by atoms with E-state index in [1.807, 2.05) is 0 Å². The van der Waals surface area contributed by atoms with E-state index in [4.69, 9.17) is 14.2 Å². The molecule has 0 aliphatic carbocycles. The SMILES string of the molecule is CC/C=C\C/C=C\C/C=C\C/C=C\CCCCC(=O)O[C@H](COC(=O)CCCCCCC/C=C\C/C=C\C/C=C\CC)COC(=O)CCCCCCCCCCCCCCCCCC. The summed E-state index contributed by atoms with van der Waals surface area (Å²) in [5.41, 5.74) is 0. The van der Waals surface area contributed by atoms with Crippen molar-refractivity contribution in [1.82, 2.24) is 0 Å². The van der Waals surface area contributed by atoms with Gasteiger partial charge in [0.1, 0.15) is 13.2 Å². The average molecular weight is 891 g/mol. The predicted molar refractivity (Wildman–Crippen MR) is 274 cm³/mol. The van der Waals surface area contributed by atoms with Crippen LogP contribution < -0.4 is 0 Å². The maximum Gasteiger partial charge on any atom is 0.306 e. The quantitative estimate of drug-likeness (QED) is 0.0262. The van der Waals surface area contributed by atoms with E-state index in [0.717, 1.165) is 116 Å². The molecule has 64 heavy (non-hydrogen) atoms. The standard InChI is InChI=1S/C58H98O6/c1-4-7-10-13-16-19-22-25-28-31-33-36-39-42-45-48-51-57(60)63-54-55(64-58(61)52-49-46-43-40-37-34-30-27-24-21-18-15-12-9-6-3)53-62-56(59)50-47-44-41-38-35-32-29-26-23-20-17-14-11-8-5-2/h8-9,11-12,17-18,20-21,26-27,29-30,37,40,55H,4-7,10,13-16,19,22-25,28,31-36,38-39,41-54H2,1-3H3/b11-8-,12-9-,20-17-,21-18-,29-26-,30-27-,40-37-/t55-/m1/s1. The van der Waals surface area contributed by atoms with Crippen LogP contribution in [0.3, 0.4) is 0 Å². The number of rotatable bonds is 47. The second kappa shape index (κ2) is 52.2. The van der Waals surface area contributed by atoms with Crippen LogP contribution in [0, 0.1) is 0 Å². The van der Waals surface area contributed by atoms with Crippen molar-refractivity contribution in [2.24, 2.45) is 0 Å². The summed E-state index contributed by atoms with van der Waals surface area (Å²) in [6, 6.07) is 0. The third kappa shape index (κ3) is 49.6. The van der Waals surface area contributed by atoms with Crippen LogP contribution in [-0.4, -0.2) is 37.2 Å². The molecular formula is C58H98O6. The van der Waals surface area contributed by atoms with Gasteiger partial charge in [0.05, 0.1) is 0 Å². The van der Waals surface area contributed by atoms with E-state index in [1.54, 1.807) is 0 Å². The molecule has 0 aromatic heterocycles. The molecule has 366 valence electrons. The van der Waals surface area contributed by atoms with Crippen LogP contribution in [0.15, 0.2) is 85.1 Å². The first-order valence-corrected chi connectivity index (χ1v) is 26.6. The van der Waals surface area contributed by atoms with Gasteiger partial charge in [0, 0.05) is 19.3 Å². The predicted octanol–water partition coefficient (Wildman–Crippen LogP) is 17.6. The van der Waals surface area contributed by atoms with E-state index in [-0.39, 0.29) is 37.5 Å². The Balaban J connectivity index is 4.46. The Bertz CT molecular complexity index is 1250. The molecule has 0 bridgehead atoms. The van der Waals surface area contributed by atoms with Crippen LogP contribution in [-0.2, 0) is 28.6 Å². The highest BCUT2D eigenvalue weighted by Gasteiger charge is 2.19. The second-order valence-electron chi connectivity index (χ2n) is 17.4. The molecule has 0 saturated carbocycles. The smallest absolute Gasteiger partial charge is 0.306 e. The highest BCUT2D eigenvalue weighted by atomic mass is 16.6. The van der Waals surface area contributed by atoms with Crippen LogP contribution in [0.5, 0.6) is 0 Å². The lowest BCUT2D eigenvalue weighted by molar-refractivity contribution is -0.167. The van der Waals surface area contributed by atoms with Crippen LogP contribution in [0.2, 0.25) is 0 Å². The third-order valence-corrected chi connectivity index (χ3v) is 11.1. The van der Waals surface area contributed by atoms with Gasteiger partial charge < -0.3 is 14.2 Å². The van der Waals surface area contributed by atoms with Crippen molar-refractivity contribution in [2.45, 2.75) is 252 Å². The van der Waals surface area contributed by atoms with Crippen molar-refractivity contribution in [2.75, 3.05) is 13.2 Å². The molecule has 0 saturated heterocycles. The van der Waals surface area contributed by atoms with Gasteiger partial charge in [-0.05, 0) is 89.9 Å². The molecule has 0 aromatic carbocycles. The zero-order valence-electron chi connectivity index (χ0n) is 41.8. The van der Waals surface area contributed by atoms with Crippen LogP contribution in [0.25, 0.3) is 0 Å². The van der Waals surface area contributed by atoms with Gasteiger partial charge in [0.15, 0.2) is 6.10 Å². The van der Waals surface area contributed by atoms with Gasteiger partial charge in [-0.15, -0.1) is 0 Å². The van der Waals surface area contributed by atoms with Gasteiger partial charge in [0.25, 0.3) is 0 Å². The molecule has 6 heteroatoms. The molecule has 1 atom stereocenters. The van der Waals surface area contributed by atoms with E-state index in [1.165, 1.54) is 83.5 Å². The number of hydrogen-bond acceptors (Lipinski definition) is 6. The first kappa shape index (κ1) is 60.6. The summed E-state index contributed by atoms with van der Waals surface area (Å²) < 4.78 is 16.8. The number of unbranched alkanes of at least 4 members (excludes halogenated alkanes) is 22. The Morgan fingerprint density at radius 3 is 0.984 bits per heavy atom. The third-order valence-electron chi connectivity index (χ3n) is 11.1. The van der Waals surface area contributed by atoms with Crippen LogP contribution >= 0.6 is 0 Å². The van der Waals surface area contributed by atoms with Gasteiger partial charge in [0.2, 0.25) is 0 Å². The number of carbonyl (C=O) groups is 3. The Kier molecular flexibility index (Phi) is 49.4. The normalized spacial score (nSPS) is 12.7. The first-order valence-electron chi connectivity index (χ1n) is 26.6. The number of allylic oxidation sites excluding steroid dienone is 14. The molecule has 0 aromatic rings. The second-order valence-corrected chi connectivity index (χ2v) is 17.4. The largest absolute Gasteiger partial charge is 0.462 e. The maximum absolute atomic E-state index is 12.8. The molecule has 0 aliphatic rings. The summed E-state index contributed by atoms with van der Waals surface area (Å²) >= 11 is 0. The lowest BCUT2D eigenvalue weighted by Crippen LogP contribution is -2.30. The van der Waals surface area contributed by atoms with E-state index < -0.39 is 6.10 Å². The van der Waals surface area contributed by atoms with Gasteiger partial charge in [-0.1, -0.05) is 221 Å². The van der Waals surface area contributed by atoms with Crippen molar-refractivity contribution in [3.8, 4) is 0 Å². The fraction of sp³-hybridized carbons (Fsp3) is 0.707. The van der Waals surface area contributed by atoms with Gasteiger partial charge in [-0.2, -0.15) is 0 Å². The van der Waals surface area contributed by atoms with Gasteiger partial charge >= 0.3 is 17.9 Å². The summed E-state index contributed by atoms with van der Waals surface area (Å²) in [6.45, 7) is 6.37. The molecule has 0 spiro atoms. The highest BCUT2D eigenvalue weighted by Crippen LogP contribution is 2.15. The van der Waals surface area contributed by atoms with E-state index in [0.29, 0.717) is 19.3 Å². The Hall–Kier alpha value is -3.41. The molecule has 0 rings (SSSR count). The zero-order valence-corrected chi connectivity index (χ0v) is 41.8. The molecule has 0 heterocycles. The van der Waals surface area contributed by atoms with Crippen molar-refractivity contribution in [3.05, 3.63) is 85.1 Å². The van der Waals surface area contributed by atoms with Gasteiger partial charge in [-0.25, -0.2) is 0 Å². The molecule has 0 N–H and O–H groups in total. The number of ether oxygens (including phenoxy) is 3. The summed E-state index contributed by atoms with van der Waals surface area (Å²) in [5.74, 6) is -0.954. The fourth-order valence-corrected chi connectivity index (χ4v) is 7.21. The topological polar surface area (TPSA) is 78.9 Å². The van der Waals surface area contributed by atoms with Crippen LogP contribution in [0.1, 0.15) is 245 Å². The fourth-order valence-electron chi connectivity index (χ4n) is 7.21. The molecular weight excluding hydrogens is 793 g/mol. The summed E-state index contributed by atoms with van der Waals surface area (Å²) in [7, 11) is 0. The number of esters is 3.